The highest BCUT2D eigenvalue weighted by Crippen LogP contribution is 2.44. The molecule has 0 spiro atoms. The number of hydrogen-bond acceptors (Lipinski definition) is 12. The average Bonchev–Trinajstić information content (AvgIpc) is 3.75. The second kappa shape index (κ2) is 13.8. The molecule has 14 nitrogen and oxygen atoms in total. The van der Waals surface area contributed by atoms with Crippen LogP contribution in [0.2, 0.25) is 0 Å². The van der Waals surface area contributed by atoms with Crippen LogP contribution in [0.3, 0.4) is 0 Å². The van der Waals surface area contributed by atoms with Crippen molar-refractivity contribution in [2.45, 2.75) is 125 Å². The summed E-state index contributed by atoms with van der Waals surface area (Å²) in [5.74, 6) is -0.794. The van der Waals surface area contributed by atoms with Crippen molar-refractivity contribution in [3.05, 3.63) is 23.5 Å². The number of carbonyl (C=O) groups is 2. The van der Waals surface area contributed by atoms with Gasteiger partial charge in [0, 0.05) is 42.8 Å². The van der Waals surface area contributed by atoms with E-state index in [1.807, 2.05) is 41.5 Å². The summed E-state index contributed by atoms with van der Waals surface area (Å²) in [7, 11) is -7.26. The summed E-state index contributed by atoms with van der Waals surface area (Å²) in [6.45, 7) is 16.0. The van der Waals surface area contributed by atoms with Gasteiger partial charge in [0.25, 0.3) is 0 Å². The van der Waals surface area contributed by atoms with Crippen LogP contribution in [0.4, 0.5) is 11.8 Å². The summed E-state index contributed by atoms with van der Waals surface area (Å²) < 4.78 is 69.3. The van der Waals surface area contributed by atoms with Crippen molar-refractivity contribution in [2.75, 3.05) is 37.1 Å². The van der Waals surface area contributed by atoms with Gasteiger partial charge in [-0.15, -0.1) is 0 Å². The number of nitrogens with zero attached hydrogens (tertiary/aromatic N) is 2. The molecule has 16 heteroatoms. The maximum absolute atomic E-state index is 13.1. The van der Waals surface area contributed by atoms with Crippen molar-refractivity contribution in [2.24, 2.45) is 0 Å². The first kappa shape index (κ1) is 38.0. The SMILES string of the molecule is CC(C)(C)c1cc(NC(=O)C(C)(C)S(=O)(=O)C2CCOC2)on1.CC(C)(C)c1cc(NC(=O)C2(S(=O)(=O)C3CCOCC3)CCC2)on1. The molecule has 1 saturated carbocycles. The number of sulfone groups is 2. The van der Waals surface area contributed by atoms with Crippen LogP contribution in [0.25, 0.3) is 0 Å². The van der Waals surface area contributed by atoms with Gasteiger partial charge in [0.15, 0.2) is 24.4 Å². The van der Waals surface area contributed by atoms with Gasteiger partial charge >= 0.3 is 0 Å². The molecule has 48 heavy (non-hydrogen) atoms. The topological polar surface area (TPSA) is 197 Å². The molecule has 2 aliphatic heterocycles. The van der Waals surface area contributed by atoms with E-state index in [2.05, 4.69) is 20.9 Å². The summed E-state index contributed by atoms with van der Waals surface area (Å²) in [5, 5.41) is 11.9. The lowest BCUT2D eigenvalue weighted by atomic mass is 9.83. The van der Waals surface area contributed by atoms with Crippen LogP contribution in [0.5, 0.6) is 0 Å². The number of nitrogens with one attached hydrogen (secondary N) is 2. The first-order chi connectivity index (χ1) is 22.1. The summed E-state index contributed by atoms with van der Waals surface area (Å²) in [6.07, 6.45) is 2.77. The Morgan fingerprint density at radius 1 is 0.750 bits per heavy atom. The Hall–Kier alpha value is -2.82. The molecule has 2 aromatic heterocycles. The Labute approximate surface area is 283 Å². The van der Waals surface area contributed by atoms with Crippen LogP contribution in [0.15, 0.2) is 21.2 Å². The highest BCUT2D eigenvalue weighted by Gasteiger charge is 2.57. The van der Waals surface area contributed by atoms with E-state index in [0.29, 0.717) is 63.3 Å². The van der Waals surface area contributed by atoms with Crippen molar-refractivity contribution < 1.29 is 44.9 Å². The highest BCUT2D eigenvalue weighted by molar-refractivity contribution is 7.94. The second-order valence-electron chi connectivity index (χ2n) is 15.3. The summed E-state index contributed by atoms with van der Waals surface area (Å²) in [4.78, 5) is 25.3. The van der Waals surface area contributed by atoms with E-state index in [-0.39, 0.29) is 29.2 Å². The lowest BCUT2D eigenvalue weighted by Crippen LogP contribution is -2.58. The molecule has 2 saturated heterocycles. The Morgan fingerprint density at radius 2 is 1.23 bits per heavy atom. The fraction of sp³-hybridized carbons (Fsp3) is 0.750. The minimum Gasteiger partial charge on any atom is -0.381 e. The smallest absolute Gasteiger partial charge is 0.248 e. The van der Waals surface area contributed by atoms with Crippen LogP contribution < -0.4 is 10.6 Å². The minimum atomic E-state index is -3.68. The van der Waals surface area contributed by atoms with Crippen LogP contribution in [-0.4, -0.2) is 85.4 Å². The van der Waals surface area contributed by atoms with Crippen molar-refractivity contribution in [1.29, 1.82) is 0 Å². The van der Waals surface area contributed by atoms with Crippen LogP contribution in [0.1, 0.15) is 105 Å². The van der Waals surface area contributed by atoms with Gasteiger partial charge in [-0.2, -0.15) is 0 Å². The third kappa shape index (κ3) is 7.65. The predicted molar refractivity (Wildman–Crippen MR) is 179 cm³/mol. The van der Waals surface area contributed by atoms with Crippen LogP contribution >= 0.6 is 0 Å². The van der Waals surface area contributed by atoms with Gasteiger partial charge in [-0.1, -0.05) is 51.9 Å². The molecule has 3 fully saturated rings. The van der Waals surface area contributed by atoms with Gasteiger partial charge in [0.2, 0.25) is 23.6 Å². The van der Waals surface area contributed by atoms with E-state index in [9.17, 15) is 26.4 Å². The highest BCUT2D eigenvalue weighted by atomic mass is 32.2. The molecule has 0 bridgehead atoms. The normalized spacial score (nSPS) is 20.7. The number of hydrogen-bond donors (Lipinski definition) is 2. The van der Waals surface area contributed by atoms with E-state index in [1.54, 1.807) is 12.1 Å². The van der Waals surface area contributed by atoms with E-state index in [4.69, 9.17) is 18.5 Å². The van der Waals surface area contributed by atoms with Gasteiger partial charge < -0.3 is 18.5 Å². The molecule has 5 rings (SSSR count). The first-order valence-corrected chi connectivity index (χ1v) is 19.4. The summed E-state index contributed by atoms with van der Waals surface area (Å²) in [5.41, 5.74) is 0.944. The van der Waals surface area contributed by atoms with Gasteiger partial charge in [0.1, 0.15) is 4.75 Å². The zero-order chi connectivity index (χ0) is 35.8. The summed E-state index contributed by atoms with van der Waals surface area (Å²) in [6, 6.07) is 3.27. The molecule has 2 amide bonds. The number of ether oxygens (including phenoxy) is 2. The van der Waals surface area contributed by atoms with Gasteiger partial charge in [-0.05, 0) is 52.4 Å². The van der Waals surface area contributed by atoms with E-state index in [1.165, 1.54) is 13.8 Å². The molecule has 0 radical (unpaired) electrons. The Morgan fingerprint density at radius 3 is 1.65 bits per heavy atom. The zero-order valence-electron chi connectivity index (χ0n) is 29.2. The maximum Gasteiger partial charge on any atom is 0.248 e. The van der Waals surface area contributed by atoms with Gasteiger partial charge in [0.05, 0.1) is 28.5 Å². The second-order valence-corrected chi connectivity index (χ2v) is 20.6. The van der Waals surface area contributed by atoms with Gasteiger partial charge in [-0.3, -0.25) is 20.2 Å². The third-order valence-corrected chi connectivity index (χ3v) is 15.2. The fourth-order valence-electron chi connectivity index (χ4n) is 5.61. The minimum absolute atomic E-state index is 0.134. The van der Waals surface area contributed by atoms with E-state index in [0.717, 1.165) is 6.42 Å². The third-order valence-electron chi connectivity index (χ3n) is 9.34. The van der Waals surface area contributed by atoms with Crippen molar-refractivity contribution in [3.8, 4) is 0 Å². The Bertz CT molecular complexity index is 1660. The van der Waals surface area contributed by atoms with E-state index < -0.39 is 51.5 Å². The molecule has 2 N–H and O–H groups in total. The number of amides is 2. The average molecular weight is 715 g/mol. The largest absolute Gasteiger partial charge is 0.381 e. The lowest BCUT2D eigenvalue weighted by Gasteiger charge is -2.42. The molecule has 3 aliphatic rings. The molecule has 270 valence electrons. The Balaban J connectivity index is 0.000000218. The zero-order valence-corrected chi connectivity index (χ0v) is 30.8. The van der Waals surface area contributed by atoms with Crippen LogP contribution in [0, 0.1) is 0 Å². The van der Waals surface area contributed by atoms with Gasteiger partial charge in [-0.25, -0.2) is 16.8 Å². The van der Waals surface area contributed by atoms with Crippen LogP contribution in [-0.2, 0) is 49.6 Å². The Kier molecular flexibility index (Phi) is 10.9. The molecular formula is C32H50N4O10S2. The quantitative estimate of drug-likeness (QED) is 0.394. The lowest BCUT2D eigenvalue weighted by molar-refractivity contribution is -0.121. The van der Waals surface area contributed by atoms with Crippen molar-refractivity contribution in [3.63, 3.8) is 0 Å². The first-order valence-electron chi connectivity index (χ1n) is 16.3. The molecule has 0 aromatic carbocycles. The molecule has 4 heterocycles. The number of rotatable bonds is 8. The molecule has 2 aromatic rings. The fourth-order valence-corrected chi connectivity index (χ4v) is 10.1. The molecule has 1 atom stereocenters. The molecule has 1 aliphatic carbocycles. The predicted octanol–water partition coefficient (Wildman–Crippen LogP) is 4.32. The van der Waals surface area contributed by atoms with E-state index >= 15 is 0 Å². The van der Waals surface area contributed by atoms with Crippen molar-refractivity contribution >= 4 is 43.3 Å². The standard InChI is InChI=1S/C17H26N2O5S.C15H24N2O5S/c1-16(2,3)13-11-14(24-19-13)18-15(20)17(7-4-8-17)25(21,22)12-5-9-23-10-6-12;1-14(2,3)11-8-12(22-17-11)16-13(18)15(4,5)23(19,20)10-6-7-21-9-10/h11-12H,4-10H2,1-3H3,(H,18,20);8,10H,6-7,9H2,1-5H3,(H,16,18). The monoisotopic (exact) mass is 714 g/mol. The van der Waals surface area contributed by atoms with Crippen molar-refractivity contribution in [1.82, 2.24) is 10.3 Å². The number of anilines is 2. The molecule has 1 unspecified atom stereocenters. The number of carbonyl (C=O) groups excluding carboxylic acids is 2. The number of aromatic nitrogens is 2. The summed E-state index contributed by atoms with van der Waals surface area (Å²) >= 11 is 0. The maximum atomic E-state index is 13.1. The molecular weight excluding hydrogens is 665 g/mol.